The number of anilines is 2. The van der Waals surface area contributed by atoms with Crippen molar-refractivity contribution in [2.45, 2.75) is 51.6 Å². The van der Waals surface area contributed by atoms with Crippen molar-refractivity contribution in [2.75, 3.05) is 23.4 Å². The highest BCUT2D eigenvalue weighted by atomic mass is 16.5. The number of carbonyl (C=O) groups is 1. The van der Waals surface area contributed by atoms with Crippen molar-refractivity contribution >= 4 is 17.4 Å². The highest BCUT2D eigenvalue weighted by Crippen LogP contribution is 2.44. The van der Waals surface area contributed by atoms with Crippen LogP contribution < -0.4 is 10.2 Å². The van der Waals surface area contributed by atoms with Crippen molar-refractivity contribution in [1.29, 1.82) is 5.26 Å². The van der Waals surface area contributed by atoms with E-state index in [-0.39, 0.29) is 23.9 Å². The van der Waals surface area contributed by atoms with E-state index in [4.69, 9.17) is 10.00 Å². The fraction of sp³-hybridized carbons (Fsp3) is 0.458. The molecule has 0 bridgehead atoms. The molecule has 30 heavy (non-hydrogen) atoms. The van der Waals surface area contributed by atoms with Crippen LogP contribution in [-0.2, 0) is 9.53 Å². The van der Waals surface area contributed by atoms with Crippen LogP contribution in [0.3, 0.4) is 0 Å². The summed E-state index contributed by atoms with van der Waals surface area (Å²) in [6.07, 6.45) is 3.63. The molecule has 3 atom stereocenters. The van der Waals surface area contributed by atoms with Crippen LogP contribution in [0.25, 0.3) is 0 Å². The van der Waals surface area contributed by atoms with Gasteiger partial charge in [0.2, 0.25) is 5.91 Å². The molecule has 1 aromatic carbocycles. The topological polar surface area (TPSA) is 78.2 Å². The van der Waals surface area contributed by atoms with Gasteiger partial charge in [0.25, 0.3) is 0 Å². The first-order valence-electron chi connectivity index (χ1n) is 10.6. The smallest absolute Gasteiger partial charge is 0.224 e. The van der Waals surface area contributed by atoms with E-state index in [1.807, 2.05) is 11.0 Å². The summed E-state index contributed by atoms with van der Waals surface area (Å²) in [5.41, 5.74) is 3.94. The maximum Gasteiger partial charge on any atom is 0.224 e. The molecule has 1 fully saturated rings. The van der Waals surface area contributed by atoms with E-state index in [9.17, 15) is 4.79 Å². The second kappa shape index (κ2) is 8.45. The molecule has 1 saturated heterocycles. The average molecular weight is 405 g/mol. The van der Waals surface area contributed by atoms with Crippen LogP contribution in [0.4, 0.5) is 11.5 Å². The second-order valence-electron chi connectivity index (χ2n) is 8.36. The van der Waals surface area contributed by atoms with Crippen molar-refractivity contribution in [3.63, 3.8) is 0 Å². The van der Waals surface area contributed by atoms with E-state index in [0.29, 0.717) is 11.5 Å². The number of ether oxygens (including phenoxy) is 1. The number of pyridine rings is 1. The summed E-state index contributed by atoms with van der Waals surface area (Å²) in [5.74, 6) is 1.46. The Bertz CT molecular complexity index is 960. The number of aromatic nitrogens is 1. The third-order valence-electron chi connectivity index (χ3n) is 6.57. The van der Waals surface area contributed by atoms with Gasteiger partial charge in [0, 0.05) is 44.0 Å². The van der Waals surface area contributed by atoms with E-state index >= 15 is 0 Å². The maximum absolute atomic E-state index is 12.5. The summed E-state index contributed by atoms with van der Waals surface area (Å²) in [4.78, 5) is 18.8. The molecule has 0 spiro atoms. The van der Waals surface area contributed by atoms with Crippen LogP contribution in [0, 0.1) is 17.2 Å². The van der Waals surface area contributed by atoms with E-state index < -0.39 is 0 Å². The molecule has 6 heteroatoms. The lowest BCUT2D eigenvalue weighted by Crippen LogP contribution is -2.48. The minimum absolute atomic E-state index is 0.0193. The van der Waals surface area contributed by atoms with Crippen molar-refractivity contribution in [3.8, 4) is 6.07 Å². The largest absolute Gasteiger partial charge is 0.381 e. The third-order valence-corrected chi connectivity index (χ3v) is 6.57. The zero-order valence-corrected chi connectivity index (χ0v) is 17.8. The van der Waals surface area contributed by atoms with Crippen LogP contribution in [0.2, 0.25) is 0 Å². The number of carbonyl (C=O) groups excluding carboxylic acids is 1. The minimum Gasteiger partial charge on any atom is -0.381 e. The van der Waals surface area contributed by atoms with Gasteiger partial charge in [0.05, 0.1) is 11.6 Å². The molecule has 4 rings (SSSR count). The molecule has 6 nitrogen and oxygen atoms in total. The molecule has 0 aliphatic carbocycles. The van der Waals surface area contributed by atoms with E-state index in [1.165, 1.54) is 5.56 Å². The van der Waals surface area contributed by atoms with Crippen molar-refractivity contribution in [3.05, 3.63) is 53.2 Å². The van der Waals surface area contributed by atoms with Crippen LogP contribution in [0.1, 0.15) is 62.3 Å². The standard InChI is InChI=1S/C24H28N4O2/c1-15-16(2)28(17(3)29)22-6-5-20(19-8-10-30-11-9-19)12-21(22)24(15)27-23-7-4-18(13-25)14-26-23/h4-7,12,14-16,19,24H,8-11H2,1-3H3,(H,26,27)/t15-,16-,24?/m0/s1. The fourth-order valence-electron chi connectivity index (χ4n) is 4.71. The third kappa shape index (κ3) is 3.78. The molecular weight excluding hydrogens is 376 g/mol. The molecule has 2 aliphatic rings. The lowest BCUT2D eigenvalue weighted by molar-refractivity contribution is -0.117. The van der Waals surface area contributed by atoms with Gasteiger partial charge in [-0.1, -0.05) is 19.1 Å². The summed E-state index contributed by atoms with van der Waals surface area (Å²) < 4.78 is 5.54. The monoisotopic (exact) mass is 404 g/mol. The summed E-state index contributed by atoms with van der Waals surface area (Å²) in [6, 6.07) is 12.3. The number of hydrogen-bond acceptors (Lipinski definition) is 5. The number of nitrogens with one attached hydrogen (secondary N) is 1. The number of rotatable bonds is 3. The van der Waals surface area contributed by atoms with Gasteiger partial charge in [-0.3, -0.25) is 4.79 Å². The Morgan fingerprint density at radius 1 is 1.23 bits per heavy atom. The van der Waals surface area contributed by atoms with Gasteiger partial charge in [-0.15, -0.1) is 0 Å². The van der Waals surface area contributed by atoms with Gasteiger partial charge in [0.1, 0.15) is 11.9 Å². The zero-order valence-electron chi connectivity index (χ0n) is 17.8. The first-order chi connectivity index (χ1) is 14.5. The molecule has 2 aromatic rings. The maximum atomic E-state index is 12.5. The first-order valence-corrected chi connectivity index (χ1v) is 10.6. The second-order valence-corrected chi connectivity index (χ2v) is 8.36. The molecule has 1 amide bonds. The highest BCUT2D eigenvalue weighted by Gasteiger charge is 2.38. The molecule has 1 aromatic heterocycles. The van der Waals surface area contributed by atoms with Crippen molar-refractivity contribution in [1.82, 2.24) is 4.98 Å². The quantitative estimate of drug-likeness (QED) is 0.821. The van der Waals surface area contributed by atoms with Gasteiger partial charge in [-0.05, 0) is 55.0 Å². The van der Waals surface area contributed by atoms with Crippen molar-refractivity contribution in [2.24, 2.45) is 5.92 Å². The summed E-state index contributed by atoms with van der Waals surface area (Å²) in [6.45, 7) is 7.50. The Labute approximate surface area is 177 Å². The van der Waals surface area contributed by atoms with E-state index in [1.54, 1.807) is 19.2 Å². The number of benzene rings is 1. The van der Waals surface area contributed by atoms with Gasteiger partial charge in [0.15, 0.2) is 0 Å². The van der Waals surface area contributed by atoms with Crippen molar-refractivity contribution < 1.29 is 9.53 Å². The lowest BCUT2D eigenvalue weighted by Gasteiger charge is -2.44. The predicted molar refractivity (Wildman–Crippen MR) is 116 cm³/mol. The molecule has 0 saturated carbocycles. The Morgan fingerprint density at radius 3 is 2.63 bits per heavy atom. The molecule has 1 N–H and O–H groups in total. The molecule has 156 valence electrons. The molecule has 1 unspecified atom stereocenters. The Kier molecular flexibility index (Phi) is 5.74. The average Bonchev–Trinajstić information content (AvgIpc) is 2.77. The summed E-state index contributed by atoms with van der Waals surface area (Å²) in [7, 11) is 0. The number of nitriles is 1. The van der Waals surface area contributed by atoms with Gasteiger partial charge in [-0.25, -0.2) is 4.98 Å². The van der Waals surface area contributed by atoms with E-state index in [0.717, 1.165) is 43.1 Å². The first kappa shape index (κ1) is 20.4. The van der Waals surface area contributed by atoms with Crippen LogP contribution in [-0.4, -0.2) is 30.1 Å². The van der Waals surface area contributed by atoms with Crippen LogP contribution >= 0.6 is 0 Å². The fourth-order valence-corrected chi connectivity index (χ4v) is 4.71. The zero-order chi connectivity index (χ0) is 21.3. The summed E-state index contributed by atoms with van der Waals surface area (Å²) >= 11 is 0. The Hall–Kier alpha value is -2.91. The predicted octanol–water partition coefficient (Wildman–Crippen LogP) is 4.39. The Balaban J connectivity index is 1.74. The van der Waals surface area contributed by atoms with Gasteiger partial charge in [-0.2, -0.15) is 5.26 Å². The van der Waals surface area contributed by atoms with Gasteiger partial charge < -0.3 is 15.0 Å². The summed E-state index contributed by atoms with van der Waals surface area (Å²) in [5, 5.41) is 12.6. The van der Waals surface area contributed by atoms with Crippen LogP contribution in [0.15, 0.2) is 36.5 Å². The molecule has 3 heterocycles. The lowest BCUT2D eigenvalue weighted by atomic mass is 9.80. The SMILES string of the molecule is CC(=O)N1c2ccc(C3CCOCC3)cc2C(Nc2ccc(C#N)cn2)[C@@H](C)[C@@H]1C. The highest BCUT2D eigenvalue weighted by molar-refractivity contribution is 5.94. The Morgan fingerprint density at radius 2 is 2.00 bits per heavy atom. The minimum atomic E-state index is 0.0193. The number of nitrogens with zero attached hydrogens (tertiary/aromatic N) is 3. The molecular formula is C24H28N4O2. The number of hydrogen-bond donors (Lipinski definition) is 1. The number of amides is 1. The van der Waals surface area contributed by atoms with Crippen LogP contribution in [0.5, 0.6) is 0 Å². The van der Waals surface area contributed by atoms with E-state index in [2.05, 4.69) is 48.4 Å². The van der Waals surface area contributed by atoms with Gasteiger partial charge >= 0.3 is 0 Å². The molecule has 0 radical (unpaired) electrons. The molecule has 2 aliphatic heterocycles. The normalized spacial score (nSPS) is 24.1. The number of fused-ring (bicyclic) bond motifs is 1.